The van der Waals surface area contributed by atoms with Gasteiger partial charge in [0.1, 0.15) is 0 Å². The maximum Gasteiger partial charge on any atom is 0.0896 e. The summed E-state index contributed by atoms with van der Waals surface area (Å²) in [5, 5.41) is 10.9. The summed E-state index contributed by atoms with van der Waals surface area (Å²) in [5.74, 6) is 0.814. The van der Waals surface area contributed by atoms with Crippen LogP contribution in [0.4, 0.5) is 0 Å². The zero-order valence-corrected chi connectivity index (χ0v) is 11.8. The van der Waals surface area contributed by atoms with E-state index in [0.717, 1.165) is 37.2 Å². The van der Waals surface area contributed by atoms with Crippen LogP contribution in [-0.4, -0.2) is 5.11 Å². The minimum absolute atomic E-state index is 0.573. The van der Waals surface area contributed by atoms with Crippen LogP contribution in [0.15, 0.2) is 24.3 Å². The van der Waals surface area contributed by atoms with Crippen LogP contribution in [-0.2, 0) is 12.0 Å². The van der Waals surface area contributed by atoms with Gasteiger partial charge in [-0.25, -0.2) is 0 Å². The molecule has 18 heavy (non-hydrogen) atoms. The van der Waals surface area contributed by atoms with Crippen molar-refractivity contribution in [1.29, 1.82) is 0 Å². The first-order valence-corrected chi connectivity index (χ1v) is 7.49. The monoisotopic (exact) mass is 246 g/mol. The van der Waals surface area contributed by atoms with Gasteiger partial charge in [0.15, 0.2) is 0 Å². The van der Waals surface area contributed by atoms with Gasteiger partial charge in [0.05, 0.1) is 5.60 Å². The fraction of sp³-hybridized carbons (Fsp3) is 0.647. The number of aliphatic hydroxyl groups is 1. The second-order valence-electron chi connectivity index (χ2n) is 5.79. The molecule has 1 aliphatic carbocycles. The topological polar surface area (TPSA) is 20.2 Å². The lowest BCUT2D eigenvalue weighted by Crippen LogP contribution is -2.24. The van der Waals surface area contributed by atoms with Crippen molar-refractivity contribution in [2.75, 3.05) is 0 Å². The molecule has 1 N–H and O–H groups in total. The normalized spacial score (nSPS) is 28.9. The molecule has 1 aromatic rings. The van der Waals surface area contributed by atoms with Crippen molar-refractivity contribution in [3.63, 3.8) is 0 Å². The van der Waals surface area contributed by atoms with Crippen LogP contribution in [0.3, 0.4) is 0 Å². The Balaban J connectivity index is 2.13. The van der Waals surface area contributed by atoms with E-state index in [1.165, 1.54) is 24.8 Å². The Kier molecular flexibility index (Phi) is 4.45. The van der Waals surface area contributed by atoms with Crippen LogP contribution in [0.2, 0.25) is 0 Å². The highest BCUT2D eigenvalue weighted by Gasteiger charge is 2.31. The summed E-state index contributed by atoms with van der Waals surface area (Å²) in [5.41, 5.74) is 1.90. The first-order valence-electron chi connectivity index (χ1n) is 7.49. The van der Waals surface area contributed by atoms with Gasteiger partial charge in [-0.1, -0.05) is 51.0 Å². The summed E-state index contributed by atoms with van der Waals surface area (Å²) in [4.78, 5) is 0. The fourth-order valence-corrected chi connectivity index (χ4v) is 3.14. The number of benzene rings is 1. The summed E-state index contributed by atoms with van der Waals surface area (Å²) in [6.07, 6.45) is 7.78. The Hall–Kier alpha value is -0.820. The zero-order chi connectivity index (χ0) is 13.0. The molecule has 1 saturated carbocycles. The molecular formula is C17H26O. The standard InChI is InChI=1S/C17H26O/c1-3-14-6-5-12-17(18,13-11-14)16-9-7-15(4-2)8-10-16/h7-10,14,18H,3-6,11-13H2,1-2H3. The van der Waals surface area contributed by atoms with Crippen LogP contribution in [0.25, 0.3) is 0 Å². The second-order valence-corrected chi connectivity index (χ2v) is 5.79. The van der Waals surface area contributed by atoms with Gasteiger partial charge in [0, 0.05) is 0 Å². The summed E-state index contributed by atoms with van der Waals surface area (Å²) >= 11 is 0. The Morgan fingerprint density at radius 2 is 1.83 bits per heavy atom. The quantitative estimate of drug-likeness (QED) is 0.782. The van der Waals surface area contributed by atoms with E-state index in [4.69, 9.17) is 0 Å². The SMILES string of the molecule is CCc1ccc(C2(O)CCCC(CC)CC2)cc1. The fourth-order valence-electron chi connectivity index (χ4n) is 3.14. The molecule has 0 amide bonds. The summed E-state index contributed by atoms with van der Waals surface area (Å²) in [6, 6.07) is 8.58. The number of hydrogen-bond acceptors (Lipinski definition) is 1. The first kappa shape index (κ1) is 13.6. The van der Waals surface area contributed by atoms with E-state index < -0.39 is 5.60 Å². The predicted octanol–water partition coefficient (Wildman–Crippen LogP) is 4.43. The third kappa shape index (κ3) is 2.95. The average molecular weight is 246 g/mol. The summed E-state index contributed by atoms with van der Waals surface area (Å²) in [7, 11) is 0. The van der Waals surface area contributed by atoms with Gasteiger partial charge in [-0.2, -0.15) is 0 Å². The van der Waals surface area contributed by atoms with Crippen molar-refractivity contribution in [3.05, 3.63) is 35.4 Å². The molecule has 0 aliphatic heterocycles. The van der Waals surface area contributed by atoms with Crippen LogP contribution >= 0.6 is 0 Å². The first-order chi connectivity index (χ1) is 8.68. The Morgan fingerprint density at radius 1 is 1.11 bits per heavy atom. The molecule has 1 aromatic carbocycles. The summed E-state index contributed by atoms with van der Waals surface area (Å²) in [6.45, 7) is 4.44. The summed E-state index contributed by atoms with van der Waals surface area (Å²) < 4.78 is 0. The number of hydrogen-bond donors (Lipinski definition) is 1. The van der Waals surface area contributed by atoms with Gasteiger partial charge in [0.2, 0.25) is 0 Å². The largest absolute Gasteiger partial charge is 0.385 e. The van der Waals surface area contributed by atoms with Crippen molar-refractivity contribution in [2.45, 2.75) is 64.4 Å². The number of rotatable bonds is 3. The van der Waals surface area contributed by atoms with Crippen molar-refractivity contribution in [3.8, 4) is 0 Å². The Morgan fingerprint density at radius 3 is 2.44 bits per heavy atom. The average Bonchev–Trinajstić information content (AvgIpc) is 2.61. The van der Waals surface area contributed by atoms with Crippen molar-refractivity contribution < 1.29 is 5.11 Å². The molecule has 1 nitrogen and oxygen atoms in total. The molecule has 2 rings (SSSR count). The predicted molar refractivity (Wildman–Crippen MR) is 76.6 cm³/mol. The van der Waals surface area contributed by atoms with E-state index in [-0.39, 0.29) is 0 Å². The Bertz CT molecular complexity index is 368. The molecule has 1 heteroatoms. The van der Waals surface area contributed by atoms with Gasteiger partial charge >= 0.3 is 0 Å². The molecule has 0 aromatic heterocycles. The maximum atomic E-state index is 10.9. The molecule has 0 bridgehead atoms. The third-order valence-corrected chi connectivity index (χ3v) is 4.65. The van der Waals surface area contributed by atoms with Crippen LogP contribution in [0, 0.1) is 5.92 Å². The van der Waals surface area contributed by atoms with E-state index in [1.807, 2.05) is 0 Å². The van der Waals surface area contributed by atoms with E-state index >= 15 is 0 Å². The lowest BCUT2D eigenvalue weighted by Gasteiger charge is -2.27. The van der Waals surface area contributed by atoms with E-state index in [9.17, 15) is 5.11 Å². The molecule has 100 valence electrons. The van der Waals surface area contributed by atoms with Crippen LogP contribution in [0.1, 0.15) is 63.5 Å². The highest BCUT2D eigenvalue weighted by Crippen LogP contribution is 2.38. The second kappa shape index (κ2) is 5.88. The van der Waals surface area contributed by atoms with Gasteiger partial charge in [-0.15, -0.1) is 0 Å². The highest BCUT2D eigenvalue weighted by atomic mass is 16.3. The molecule has 0 spiro atoms. The molecule has 0 radical (unpaired) electrons. The molecule has 2 atom stereocenters. The molecule has 0 heterocycles. The Labute approximate surface area is 111 Å². The van der Waals surface area contributed by atoms with Crippen molar-refractivity contribution >= 4 is 0 Å². The zero-order valence-electron chi connectivity index (χ0n) is 11.8. The van der Waals surface area contributed by atoms with E-state index in [0.29, 0.717) is 0 Å². The van der Waals surface area contributed by atoms with Crippen LogP contribution < -0.4 is 0 Å². The molecule has 2 unspecified atom stereocenters. The molecule has 1 fully saturated rings. The van der Waals surface area contributed by atoms with Gasteiger partial charge < -0.3 is 5.11 Å². The molecule has 1 aliphatic rings. The van der Waals surface area contributed by atoms with Gasteiger partial charge in [-0.3, -0.25) is 0 Å². The van der Waals surface area contributed by atoms with Gasteiger partial charge in [0.25, 0.3) is 0 Å². The van der Waals surface area contributed by atoms with Crippen LogP contribution in [0.5, 0.6) is 0 Å². The van der Waals surface area contributed by atoms with E-state index in [1.54, 1.807) is 0 Å². The van der Waals surface area contributed by atoms with Crippen molar-refractivity contribution in [2.24, 2.45) is 5.92 Å². The molecular weight excluding hydrogens is 220 g/mol. The third-order valence-electron chi connectivity index (χ3n) is 4.65. The lowest BCUT2D eigenvalue weighted by atomic mass is 9.85. The van der Waals surface area contributed by atoms with Gasteiger partial charge in [-0.05, 0) is 49.1 Å². The smallest absolute Gasteiger partial charge is 0.0896 e. The lowest BCUT2D eigenvalue weighted by molar-refractivity contribution is 0.0196. The number of aryl methyl sites for hydroxylation is 1. The van der Waals surface area contributed by atoms with E-state index in [2.05, 4.69) is 38.1 Å². The van der Waals surface area contributed by atoms with Crippen molar-refractivity contribution in [1.82, 2.24) is 0 Å². The minimum atomic E-state index is -0.573. The molecule has 0 saturated heterocycles. The minimum Gasteiger partial charge on any atom is -0.385 e. The highest BCUT2D eigenvalue weighted by molar-refractivity contribution is 5.27. The maximum absolute atomic E-state index is 10.9.